The SMILES string of the molecule is COC[C@H]1c2c(cnn2CC2CC2)CCN1C(=O)Cc1ccccc1F. The second-order valence-corrected chi connectivity index (χ2v) is 7.26. The zero-order chi connectivity index (χ0) is 18.1. The Balaban J connectivity index is 1.58. The largest absolute Gasteiger partial charge is 0.382 e. The van der Waals surface area contributed by atoms with Gasteiger partial charge in [-0.2, -0.15) is 5.10 Å². The fraction of sp³-hybridized carbons (Fsp3) is 0.500. The molecule has 0 spiro atoms. The van der Waals surface area contributed by atoms with E-state index in [9.17, 15) is 9.18 Å². The topological polar surface area (TPSA) is 47.4 Å². The van der Waals surface area contributed by atoms with Crippen LogP contribution in [0.15, 0.2) is 30.5 Å². The van der Waals surface area contributed by atoms with Gasteiger partial charge >= 0.3 is 0 Å². The van der Waals surface area contributed by atoms with Gasteiger partial charge in [-0.15, -0.1) is 0 Å². The van der Waals surface area contributed by atoms with Gasteiger partial charge in [0.2, 0.25) is 5.91 Å². The minimum absolute atomic E-state index is 0.0676. The van der Waals surface area contributed by atoms with Gasteiger partial charge < -0.3 is 9.64 Å². The highest BCUT2D eigenvalue weighted by molar-refractivity contribution is 5.79. The molecule has 0 unspecified atom stereocenters. The Labute approximate surface area is 152 Å². The van der Waals surface area contributed by atoms with Crippen LogP contribution in [0, 0.1) is 11.7 Å². The number of hydrogen-bond donors (Lipinski definition) is 0. The van der Waals surface area contributed by atoms with Crippen LogP contribution in [0.5, 0.6) is 0 Å². The number of carbonyl (C=O) groups is 1. The summed E-state index contributed by atoms with van der Waals surface area (Å²) < 4.78 is 21.4. The molecule has 1 saturated carbocycles. The van der Waals surface area contributed by atoms with Crippen LogP contribution in [0.2, 0.25) is 0 Å². The van der Waals surface area contributed by atoms with E-state index < -0.39 is 0 Å². The second kappa shape index (κ2) is 7.19. The predicted molar refractivity (Wildman–Crippen MR) is 95.1 cm³/mol. The van der Waals surface area contributed by atoms with Gasteiger partial charge in [-0.25, -0.2) is 4.39 Å². The third-order valence-electron chi connectivity index (χ3n) is 5.35. The quantitative estimate of drug-likeness (QED) is 0.799. The first kappa shape index (κ1) is 17.2. The first-order valence-electron chi connectivity index (χ1n) is 9.23. The summed E-state index contributed by atoms with van der Waals surface area (Å²) in [6, 6.07) is 6.31. The summed E-state index contributed by atoms with van der Waals surface area (Å²) in [5.74, 6) is 0.300. The zero-order valence-electron chi connectivity index (χ0n) is 15.0. The second-order valence-electron chi connectivity index (χ2n) is 7.26. The molecule has 0 radical (unpaired) electrons. The number of ether oxygens (including phenoxy) is 1. The summed E-state index contributed by atoms with van der Waals surface area (Å²) in [6.45, 7) is 1.95. The van der Waals surface area contributed by atoms with Crippen LogP contribution in [0.3, 0.4) is 0 Å². The Hall–Kier alpha value is -2.21. The number of nitrogens with zero attached hydrogens (tertiary/aromatic N) is 3. The smallest absolute Gasteiger partial charge is 0.227 e. The van der Waals surface area contributed by atoms with Gasteiger partial charge in [0.25, 0.3) is 0 Å². The van der Waals surface area contributed by atoms with Crippen molar-refractivity contribution in [3.63, 3.8) is 0 Å². The summed E-state index contributed by atoms with van der Waals surface area (Å²) >= 11 is 0. The summed E-state index contributed by atoms with van der Waals surface area (Å²) in [4.78, 5) is 14.8. The van der Waals surface area contributed by atoms with Crippen molar-refractivity contribution in [2.45, 2.75) is 38.3 Å². The molecule has 4 rings (SSSR count). The van der Waals surface area contributed by atoms with Crippen molar-refractivity contribution < 1.29 is 13.9 Å². The number of methoxy groups -OCH3 is 1. The predicted octanol–water partition coefficient (Wildman–Crippen LogP) is 2.75. The molecule has 2 aromatic rings. The third-order valence-corrected chi connectivity index (χ3v) is 5.35. The molecule has 6 heteroatoms. The van der Waals surface area contributed by atoms with E-state index in [1.165, 1.54) is 24.5 Å². The monoisotopic (exact) mass is 357 g/mol. The fourth-order valence-electron chi connectivity index (χ4n) is 3.78. The summed E-state index contributed by atoms with van der Waals surface area (Å²) in [5, 5.41) is 4.57. The molecule has 1 aromatic heterocycles. The summed E-state index contributed by atoms with van der Waals surface area (Å²) in [7, 11) is 1.65. The van der Waals surface area contributed by atoms with Crippen molar-refractivity contribution in [1.29, 1.82) is 0 Å². The lowest BCUT2D eigenvalue weighted by Crippen LogP contribution is -2.43. The summed E-state index contributed by atoms with van der Waals surface area (Å²) in [5.41, 5.74) is 2.72. The molecule has 1 aromatic carbocycles. The van der Waals surface area contributed by atoms with E-state index in [4.69, 9.17) is 4.74 Å². The number of amides is 1. The highest BCUT2D eigenvalue weighted by Crippen LogP contribution is 2.35. The van der Waals surface area contributed by atoms with E-state index in [1.807, 2.05) is 11.1 Å². The van der Waals surface area contributed by atoms with Crippen molar-refractivity contribution in [1.82, 2.24) is 14.7 Å². The average molecular weight is 357 g/mol. The van der Waals surface area contributed by atoms with Crippen LogP contribution in [0.1, 0.15) is 35.7 Å². The number of hydrogen-bond acceptors (Lipinski definition) is 3. The number of fused-ring (bicyclic) bond motifs is 1. The first-order chi connectivity index (χ1) is 12.7. The van der Waals surface area contributed by atoms with Crippen LogP contribution < -0.4 is 0 Å². The van der Waals surface area contributed by atoms with Crippen LogP contribution in [-0.2, 0) is 28.9 Å². The Morgan fingerprint density at radius 2 is 2.15 bits per heavy atom. The van der Waals surface area contributed by atoms with E-state index >= 15 is 0 Å². The van der Waals surface area contributed by atoms with Gasteiger partial charge in [0, 0.05) is 20.2 Å². The molecule has 1 aliphatic heterocycles. The number of aromatic nitrogens is 2. The molecule has 138 valence electrons. The lowest BCUT2D eigenvalue weighted by atomic mass is 9.98. The maximum Gasteiger partial charge on any atom is 0.227 e. The van der Waals surface area contributed by atoms with E-state index in [0.717, 1.165) is 18.7 Å². The van der Waals surface area contributed by atoms with Crippen molar-refractivity contribution in [3.8, 4) is 0 Å². The minimum Gasteiger partial charge on any atom is -0.382 e. The molecule has 2 aliphatic rings. The van der Waals surface area contributed by atoms with Crippen LogP contribution in [0.25, 0.3) is 0 Å². The summed E-state index contributed by atoms with van der Waals surface area (Å²) in [6.07, 6.45) is 5.28. The standard InChI is InChI=1S/C20H24FN3O2/c1-26-13-18-20-16(11-22-24(20)12-14-6-7-14)8-9-23(18)19(25)10-15-4-2-3-5-17(15)21/h2-5,11,14,18H,6-10,12-13H2,1H3/t18-/m0/s1. The molecule has 0 bridgehead atoms. The molecular weight excluding hydrogens is 333 g/mol. The molecule has 0 N–H and O–H groups in total. The van der Waals surface area contributed by atoms with Gasteiger partial charge in [0.15, 0.2) is 0 Å². The molecule has 1 fully saturated rings. The average Bonchev–Trinajstić information content (AvgIpc) is 3.36. The molecule has 1 atom stereocenters. The van der Waals surface area contributed by atoms with Crippen molar-refractivity contribution >= 4 is 5.91 Å². The highest BCUT2D eigenvalue weighted by Gasteiger charge is 2.35. The molecule has 5 nitrogen and oxygen atoms in total. The molecular formula is C20H24FN3O2. The van der Waals surface area contributed by atoms with Gasteiger partial charge in [-0.3, -0.25) is 9.48 Å². The fourth-order valence-corrected chi connectivity index (χ4v) is 3.78. The van der Waals surface area contributed by atoms with E-state index in [-0.39, 0.29) is 24.2 Å². The van der Waals surface area contributed by atoms with E-state index in [0.29, 0.717) is 24.6 Å². The third kappa shape index (κ3) is 3.38. The molecule has 26 heavy (non-hydrogen) atoms. The lowest BCUT2D eigenvalue weighted by Gasteiger charge is -2.36. The Morgan fingerprint density at radius 3 is 2.88 bits per heavy atom. The molecule has 1 amide bonds. The van der Waals surface area contributed by atoms with Gasteiger partial charge in [-0.05, 0) is 42.4 Å². The van der Waals surface area contributed by atoms with Crippen molar-refractivity contribution in [2.75, 3.05) is 20.3 Å². The van der Waals surface area contributed by atoms with Gasteiger partial charge in [-0.1, -0.05) is 18.2 Å². The molecule has 2 heterocycles. The van der Waals surface area contributed by atoms with Crippen LogP contribution in [0.4, 0.5) is 4.39 Å². The normalized spacial score (nSPS) is 19.5. The van der Waals surface area contributed by atoms with Gasteiger partial charge in [0.1, 0.15) is 5.82 Å². The molecule has 0 saturated heterocycles. The number of halogens is 1. The van der Waals surface area contributed by atoms with E-state index in [2.05, 4.69) is 9.78 Å². The van der Waals surface area contributed by atoms with Gasteiger partial charge in [0.05, 0.1) is 31.0 Å². The zero-order valence-corrected chi connectivity index (χ0v) is 15.0. The van der Waals surface area contributed by atoms with Crippen molar-refractivity contribution in [3.05, 3.63) is 53.1 Å². The Morgan fingerprint density at radius 1 is 1.35 bits per heavy atom. The minimum atomic E-state index is -0.333. The van der Waals surface area contributed by atoms with Crippen molar-refractivity contribution in [2.24, 2.45) is 5.92 Å². The molecule has 1 aliphatic carbocycles. The first-order valence-corrected chi connectivity index (χ1v) is 9.23. The Kier molecular flexibility index (Phi) is 4.76. The van der Waals surface area contributed by atoms with E-state index in [1.54, 1.807) is 25.3 Å². The maximum absolute atomic E-state index is 14.0. The van der Waals surface area contributed by atoms with Crippen LogP contribution in [-0.4, -0.2) is 40.8 Å². The van der Waals surface area contributed by atoms with Crippen LogP contribution >= 0.6 is 0 Å². The maximum atomic E-state index is 14.0. The number of rotatable bonds is 6. The lowest BCUT2D eigenvalue weighted by molar-refractivity contribution is -0.134. The highest BCUT2D eigenvalue weighted by atomic mass is 19.1. The Bertz CT molecular complexity index is 800. The number of benzene rings is 1. The number of carbonyl (C=O) groups excluding carboxylic acids is 1.